The number of carbonyl (C=O) groups excluding carboxylic acids is 1. The van der Waals surface area contributed by atoms with Crippen LogP contribution in [0, 0.1) is 0 Å². The average Bonchev–Trinajstić information content (AvgIpc) is 2.19. The Kier molecular flexibility index (Phi) is 6.94. The van der Waals surface area contributed by atoms with E-state index in [9.17, 15) is 0 Å². The molecule has 0 N–H and O–H groups in total. The highest BCUT2D eigenvalue weighted by Crippen LogP contribution is 1.96. The summed E-state index contributed by atoms with van der Waals surface area (Å²) in [5.41, 5.74) is 1.41. The Hall–Kier alpha value is -1.31. The lowest BCUT2D eigenvalue weighted by Gasteiger charge is -1.89. The standard InChI is InChI=1S/C8H10.C2H4O2/c1-2-8-6-4-3-5-7-8;1-4-2-3/h3-7H,2H2,1H3;2H,1H3. The van der Waals surface area contributed by atoms with Gasteiger partial charge >= 0.3 is 0 Å². The first-order valence-electron chi connectivity index (χ1n) is 3.85. The Morgan fingerprint density at radius 3 is 2.08 bits per heavy atom. The molecule has 0 unspecified atom stereocenters. The maximum absolute atomic E-state index is 8.95. The van der Waals surface area contributed by atoms with Crippen molar-refractivity contribution < 1.29 is 9.53 Å². The van der Waals surface area contributed by atoms with Crippen LogP contribution >= 0.6 is 0 Å². The molecule has 1 aromatic rings. The quantitative estimate of drug-likeness (QED) is 0.628. The predicted octanol–water partition coefficient (Wildman–Crippen LogP) is 2.04. The fourth-order valence-electron chi connectivity index (χ4n) is 0.714. The van der Waals surface area contributed by atoms with E-state index in [2.05, 4.69) is 35.9 Å². The number of rotatable bonds is 2. The molecule has 0 aliphatic carbocycles. The molecule has 0 amide bonds. The van der Waals surface area contributed by atoms with E-state index in [1.165, 1.54) is 12.7 Å². The molecule has 0 aliphatic rings. The molecule has 12 heavy (non-hydrogen) atoms. The second-order valence-electron chi connectivity index (χ2n) is 2.17. The van der Waals surface area contributed by atoms with Gasteiger partial charge in [-0.1, -0.05) is 37.3 Å². The van der Waals surface area contributed by atoms with Gasteiger partial charge in [-0.3, -0.25) is 4.79 Å². The summed E-state index contributed by atoms with van der Waals surface area (Å²) < 4.78 is 3.86. The molecule has 0 bridgehead atoms. The van der Waals surface area contributed by atoms with Crippen molar-refractivity contribution in [1.29, 1.82) is 0 Å². The minimum absolute atomic E-state index is 0.375. The van der Waals surface area contributed by atoms with E-state index in [1.807, 2.05) is 6.07 Å². The van der Waals surface area contributed by atoms with Gasteiger partial charge in [-0.25, -0.2) is 0 Å². The Morgan fingerprint density at radius 1 is 1.33 bits per heavy atom. The summed E-state index contributed by atoms with van der Waals surface area (Å²) in [6, 6.07) is 10.5. The lowest BCUT2D eigenvalue weighted by atomic mass is 10.2. The normalized spacial score (nSPS) is 7.83. The zero-order valence-electron chi connectivity index (χ0n) is 7.49. The van der Waals surface area contributed by atoms with Crippen LogP contribution in [-0.4, -0.2) is 13.6 Å². The lowest BCUT2D eigenvalue weighted by Crippen LogP contribution is -1.73. The van der Waals surface area contributed by atoms with E-state index in [1.54, 1.807) is 0 Å². The van der Waals surface area contributed by atoms with Crippen molar-refractivity contribution >= 4 is 6.47 Å². The Labute approximate surface area is 73.2 Å². The molecule has 66 valence electrons. The van der Waals surface area contributed by atoms with Crippen molar-refractivity contribution in [2.45, 2.75) is 13.3 Å². The van der Waals surface area contributed by atoms with Gasteiger partial charge in [0.15, 0.2) is 0 Å². The second kappa shape index (κ2) is 7.79. The van der Waals surface area contributed by atoms with E-state index in [4.69, 9.17) is 4.79 Å². The van der Waals surface area contributed by atoms with Crippen LogP contribution in [0.4, 0.5) is 0 Å². The van der Waals surface area contributed by atoms with Gasteiger partial charge in [0, 0.05) is 0 Å². The second-order valence-corrected chi connectivity index (χ2v) is 2.17. The zero-order valence-corrected chi connectivity index (χ0v) is 7.49. The minimum Gasteiger partial charge on any atom is -0.471 e. The van der Waals surface area contributed by atoms with Crippen LogP contribution < -0.4 is 0 Å². The van der Waals surface area contributed by atoms with Crippen molar-refractivity contribution in [3.05, 3.63) is 35.9 Å². The average molecular weight is 166 g/mol. The summed E-state index contributed by atoms with van der Waals surface area (Å²) in [4.78, 5) is 8.95. The van der Waals surface area contributed by atoms with Crippen molar-refractivity contribution in [2.24, 2.45) is 0 Å². The summed E-state index contributed by atoms with van der Waals surface area (Å²) >= 11 is 0. The van der Waals surface area contributed by atoms with Crippen LogP contribution in [0.25, 0.3) is 0 Å². The number of benzene rings is 1. The summed E-state index contributed by atoms with van der Waals surface area (Å²) in [6.07, 6.45) is 1.14. The molecule has 1 aromatic carbocycles. The number of methoxy groups -OCH3 is 1. The first kappa shape index (κ1) is 10.7. The molecule has 2 heteroatoms. The molecule has 0 fully saturated rings. The molecular weight excluding hydrogens is 152 g/mol. The number of ether oxygens (including phenoxy) is 1. The third-order valence-corrected chi connectivity index (χ3v) is 1.35. The smallest absolute Gasteiger partial charge is 0.292 e. The van der Waals surface area contributed by atoms with E-state index in [0.29, 0.717) is 6.47 Å². The molecule has 0 saturated heterocycles. The maximum Gasteiger partial charge on any atom is 0.292 e. The molecule has 0 heterocycles. The SMILES string of the molecule is CCc1ccccc1.COC=O. The van der Waals surface area contributed by atoms with E-state index in [-0.39, 0.29) is 0 Å². The van der Waals surface area contributed by atoms with E-state index in [0.717, 1.165) is 6.42 Å². The fourth-order valence-corrected chi connectivity index (χ4v) is 0.714. The van der Waals surface area contributed by atoms with Crippen LogP contribution in [0.15, 0.2) is 30.3 Å². The summed E-state index contributed by atoms with van der Waals surface area (Å²) in [6.45, 7) is 2.54. The predicted molar refractivity (Wildman–Crippen MR) is 48.9 cm³/mol. The third-order valence-electron chi connectivity index (χ3n) is 1.35. The summed E-state index contributed by atoms with van der Waals surface area (Å²) in [5.74, 6) is 0. The highest BCUT2D eigenvalue weighted by molar-refractivity contribution is 5.36. The molecule has 0 spiro atoms. The van der Waals surface area contributed by atoms with Crippen molar-refractivity contribution in [3.8, 4) is 0 Å². The van der Waals surface area contributed by atoms with Crippen molar-refractivity contribution in [1.82, 2.24) is 0 Å². The first-order chi connectivity index (χ1) is 5.85. The first-order valence-corrected chi connectivity index (χ1v) is 3.85. The van der Waals surface area contributed by atoms with Crippen LogP contribution in [0.2, 0.25) is 0 Å². The van der Waals surface area contributed by atoms with Crippen LogP contribution in [0.5, 0.6) is 0 Å². The van der Waals surface area contributed by atoms with Crippen molar-refractivity contribution in [3.63, 3.8) is 0 Å². The van der Waals surface area contributed by atoms with Gasteiger partial charge in [0.05, 0.1) is 7.11 Å². The Balaban J connectivity index is 0.000000261. The fraction of sp³-hybridized carbons (Fsp3) is 0.300. The van der Waals surface area contributed by atoms with E-state index < -0.39 is 0 Å². The topological polar surface area (TPSA) is 26.3 Å². The number of hydrogen-bond acceptors (Lipinski definition) is 2. The highest BCUT2D eigenvalue weighted by Gasteiger charge is 1.79. The molecule has 0 aliphatic heterocycles. The highest BCUT2D eigenvalue weighted by atomic mass is 16.5. The van der Waals surface area contributed by atoms with Gasteiger partial charge in [0.2, 0.25) is 0 Å². The molecule has 0 radical (unpaired) electrons. The molecule has 2 nitrogen and oxygen atoms in total. The largest absolute Gasteiger partial charge is 0.471 e. The van der Waals surface area contributed by atoms with Gasteiger partial charge < -0.3 is 4.74 Å². The third kappa shape index (κ3) is 5.47. The van der Waals surface area contributed by atoms with Crippen LogP contribution in [-0.2, 0) is 16.0 Å². The van der Waals surface area contributed by atoms with Gasteiger partial charge in [-0.2, -0.15) is 0 Å². The molecule has 0 atom stereocenters. The molecular formula is C10H14O2. The van der Waals surface area contributed by atoms with Gasteiger partial charge in [0.1, 0.15) is 0 Å². The monoisotopic (exact) mass is 166 g/mol. The van der Waals surface area contributed by atoms with E-state index >= 15 is 0 Å². The lowest BCUT2D eigenvalue weighted by molar-refractivity contribution is -0.126. The molecule has 1 rings (SSSR count). The zero-order chi connectivity index (χ0) is 9.23. The van der Waals surface area contributed by atoms with Gasteiger partial charge in [0.25, 0.3) is 6.47 Å². The number of hydrogen-bond donors (Lipinski definition) is 0. The van der Waals surface area contributed by atoms with Gasteiger partial charge in [-0.15, -0.1) is 0 Å². The maximum atomic E-state index is 8.95. The molecule has 0 aromatic heterocycles. The Morgan fingerprint density at radius 2 is 1.83 bits per heavy atom. The molecule has 0 saturated carbocycles. The summed E-state index contributed by atoms with van der Waals surface area (Å²) in [5, 5.41) is 0. The van der Waals surface area contributed by atoms with Gasteiger partial charge in [-0.05, 0) is 12.0 Å². The number of carbonyl (C=O) groups is 1. The Bertz CT molecular complexity index is 194. The van der Waals surface area contributed by atoms with Crippen LogP contribution in [0.1, 0.15) is 12.5 Å². The number of aryl methyl sites for hydroxylation is 1. The van der Waals surface area contributed by atoms with Crippen molar-refractivity contribution in [2.75, 3.05) is 7.11 Å². The minimum atomic E-state index is 0.375. The van der Waals surface area contributed by atoms with Crippen LogP contribution in [0.3, 0.4) is 0 Å². The summed E-state index contributed by atoms with van der Waals surface area (Å²) in [7, 11) is 1.31.